The Morgan fingerprint density at radius 1 is 1.00 bits per heavy atom. The Morgan fingerprint density at radius 3 is 2.33 bits per heavy atom. The number of amides is 2. The molecule has 3 aromatic rings. The molecule has 2 amide bonds. The molecule has 184 valence electrons. The van der Waals surface area contributed by atoms with Gasteiger partial charge in [0.25, 0.3) is 17.5 Å². The molecule has 0 spiro atoms. The van der Waals surface area contributed by atoms with E-state index in [9.17, 15) is 24.5 Å². The Hall–Kier alpha value is -4.70. The number of halogens is 1. The maximum Gasteiger partial charge on any atom is 0.337 e. The van der Waals surface area contributed by atoms with Gasteiger partial charge < -0.3 is 20.1 Å². The first-order chi connectivity index (χ1) is 17.2. The second-order valence-corrected chi connectivity index (χ2v) is 7.64. The predicted octanol–water partition coefficient (Wildman–Crippen LogP) is 4.45. The molecule has 0 saturated heterocycles. The first-order valence-electron chi connectivity index (χ1n) is 10.3. The zero-order valence-electron chi connectivity index (χ0n) is 19.1. The number of nitro benzene ring substituents is 1. The maximum atomic E-state index is 13.1. The summed E-state index contributed by atoms with van der Waals surface area (Å²) in [6.07, 6.45) is 1.29. The summed E-state index contributed by atoms with van der Waals surface area (Å²) in [5, 5.41) is 16.4. The van der Waals surface area contributed by atoms with E-state index >= 15 is 0 Å². The minimum Gasteiger partial charge on any atom is -0.497 e. The van der Waals surface area contributed by atoms with E-state index in [-0.39, 0.29) is 27.5 Å². The summed E-state index contributed by atoms with van der Waals surface area (Å²) in [6.45, 7) is 0. The molecule has 0 heterocycles. The Labute approximate surface area is 210 Å². The van der Waals surface area contributed by atoms with E-state index in [2.05, 4.69) is 15.4 Å². The Bertz CT molecular complexity index is 1350. The number of nitro groups is 1. The lowest BCUT2D eigenvalue weighted by molar-refractivity contribution is -0.384. The van der Waals surface area contributed by atoms with Gasteiger partial charge in [0.1, 0.15) is 11.4 Å². The van der Waals surface area contributed by atoms with Crippen LogP contribution in [0.3, 0.4) is 0 Å². The molecule has 2 N–H and O–H groups in total. The number of ether oxygens (including phenoxy) is 2. The van der Waals surface area contributed by atoms with Crippen molar-refractivity contribution in [2.24, 2.45) is 0 Å². The summed E-state index contributed by atoms with van der Waals surface area (Å²) in [7, 11) is 2.70. The third kappa shape index (κ3) is 6.45. The van der Waals surface area contributed by atoms with Crippen LogP contribution < -0.4 is 15.4 Å². The molecular weight excluding hydrogens is 490 g/mol. The van der Waals surface area contributed by atoms with Crippen molar-refractivity contribution in [2.45, 2.75) is 0 Å². The highest BCUT2D eigenvalue weighted by Gasteiger charge is 2.18. The molecule has 0 bridgehead atoms. The number of non-ortho nitro benzene ring substituents is 1. The van der Waals surface area contributed by atoms with Crippen LogP contribution in [0.4, 0.5) is 11.4 Å². The fraction of sp³-hybridized carbons (Fsp3) is 0.0800. The largest absolute Gasteiger partial charge is 0.497 e. The fourth-order valence-electron chi connectivity index (χ4n) is 3.06. The van der Waals surface area contributed by atoms with Gasteiger partial charge in [-0.15, -0.1) is 0 Å². The van der Waals surface area contributed by atoms with Crippen LogP contribution in [-0.2, 0) is 9.53 Å². The van der Waals surface area contributed by atoms with Gasteiger partial charge in [-0.1, -0.05) is 23.7 Å². The summed E-state index contributed by atoms with van der Waals surface area (Å²) in [4.78, 5) is 48.2. The normalized spacial score (nSPS) is 10.8. The topological polar surface area (TPSA) is 137 Å². The highest BCUT2D eigenvalue weighted by atomic mass is 35.5. The predicted molar refractivity (Wildman–Crippen MR) is 133 cm³/mol. The number of rotatable bonds is 8. The van der Waals surface area contributed by atoms with Crippen LogP contribution in [0.1, 0.15) is 26.3 Å². The first-order valence-corrected chi connectivity index (χ1v) is 10.7. The monoisotopic (exact) mass is 509 g/mol. The number of hydrogen-bond acceptors (Lipinski definition) is 7. The molecule has 0 aromatic heterocycles. The lowest BCUT2D eigenvalue weighted by Crippen LogP contribution is -2.31. The maximum absolute atomic E-state index is 13.1. The smallest absolute Gasteiger partial charge is 0.337 e. The molecule has 36 heavy (non-hydrogen) atoms. The van der Waals surface area contributed by atoms with Gasteiger partial charge in [-0.25, -0.2) is 4.79 Å². The van der Waals surface area contributed by atoms with Crippen molar-refractivity contribution in [1.82, 2.24) is 5.32 Å². The van der Waals surface area contributed by atoms with Gasteiger partial charge in [0, 0.05) is 17.8 Å². The van der Waals surface area contributed by atoms with Crippen LogP contribution in [0.5, 0.6) is 5.75 Å². The van der Waals surface area contributed by atoms with Gasteiger partial charge in [0.2, 0.25) is 0 Å². The second-order valence-electron chi connectivity index (χ2n) is 7.23. The molecule has 0 atom stereocenters. The molecule has 0 radical (unpaired) electrons. The van der Waals surface area contributed by atoms with Crippen molar-refractivity contribution in [3.63, 3.8) is 0 Å². The summed E-state index contributed by atoms with van der Waals surface area (Å²) >= 11 is 6.19. The number of carbonyl (C=O) groups is 3. The number of esters is 1. The Balaban J connectivity index is 1.93. The highest BCUT2D eigenvalue weighted by molar-refractivity contribution is 6.34. The molecule has 0 aliphatic rings. The van der Waals surface area contributed by atoms with Crippen molar-refractivity contribution in [3.05, 3.63) is 104 Å². The van der Waals surface area contributed by atoms with E-state index in [4.69, 9.17) is 16.3 Å². The number of benzene rings is 3. The van der Waals surface area contributed by atoms with E-state index in [0.717, 1.165) is 0 Å². The zero-order chi connectivity index (χ0) is 26.2. The summed E-state index contributed by atoms with van der Waals surface area (Å²) in [5.41, 5.74) is 0.602. The highest BCUT2D eigenvalue weighted by Crippen LogP contribution is 2.23. The minimum atomic E-state index is -0.717. The summed E-state index contributed by atoms with van der Waals surface area (Å²) in [6, 6.07) is 15.9. The first kappa shape index (κ1) is 25.9. The Kier molecular flexibility index (Phi) is 8.37. The van der Waals surface area contributed by atoms with E-state index in [1.54, 1.807) is 0 Å². The van der Waals surface area contributed by atoms with Gasteiger partial charge >= 0.3 is 5.97 Å². The number of nitrogens with zero attached hydrogens (tertiary/aromatic N) is 1. The number of methoxy groups -OCH3 is 2. The van der Waals surface area contributed by atoms with Crippen molar-refractivity contribution in [2.75, 3.05) is 19.5 Å². The quantitative estimate of drug-likeness (QED) is 0.198. The minimum absolute atomic E-state index is 0.0811. The van der Waals surface area contributed by atoms with E-state index in [1.807, 2.05) is 0 Å². The lowest BCUT2D eigenvalue weighted by atomic mass is 10.1. The van der Waals surface area contributed by atoms with E-state index in [0.29, 0.717) is 17.0 Å². The number of nitrogens with one attached hydrogen (secondary N) is 2. The van der Waals surface area contributed by atoms with Crippen LogP contribution in [0.15, 0.2) is 72.4 Å². The molecule has 0 fully saturated rings. The lowest BCUT2D eigenvalue weighted by Gasteiger charge is -2.13. The standard InChI is InChI=1S/C25H20ClN3O7/c1-35-19-10-11-20(21(26)14-19)23(30)28-22(13-15-4-3-5-18(12-15)29(33)34)24(31)27-17-8-6-16(7-9-17)25(32)36-2/h3-14H,1-2H3,(H,27,31)(H,28,30). The SMILES string of the molecule is COC(=O)c1ccc(NC(=O)C(=Cc2cccc([N+](=O)[O-])c2)NC(=O)c2ccc(OC)cc2Cl)cc1. The number of anilines is 1. The summed E-state index contributed by atoms with van der Waals surface area (Å²) < 4.78 is 9.73. The molecule has 3 rings (SSSR count). The third-order valence-corrected chi connectivity index (χ3v) is 5.18. The van der Waals surface area contributed by atoms with Crippen LogP contribution in [0.2, 0.25) is 5.02 Å². The Morgan fingerprint density at radius 2 is 1.72 bits per heavy atom. The molecular formula is C25H20ClN3O7. The van der Waals surface area contributed by atoms with Crippen LogP contribution >= 0.6 is 11.6 Å². The molecule has 0 aliphatic carbocycles. The molecule has 11 heteroatoms. The molecule has 0 saturated carbocycles. The van der Waals surface area contributed by atoms with Gasteiger partial charge in [0.05, 0.1) is 35.3 Å². The number of carbonyl (C=O) groups excluding carboxylic acids is 3. The van der Waals surface area contributed by atoms with Crippen molar-refractivity contribution < 1.29 is 28.8 Å². The second kappa shape index (κ2) is 11.6. The van der Waals surface area contributed by atoms with Crippen LogP contribution in [0, 0.1) is 10.1 Å². The number of hydrogen-bond donors (Lipinski definition) is 2. The van der Waals surface area contributed by atoms with E-state index in [1.165, 1.54) is 87.0 Å². The van der Waals surface area contributed by atoms with Crippen LogP contribution in [0.25, 0.3) is 6.08 Å². The van der Waals surface area contributed by atoms with Crippen LogP contribution in [-0.4, -0.2) is 36.9 Å². The fourth-order valence-corrected chi connectivity index (χ4v) is 3.31. The van der Waals surface area contributed by atoms with Crippen molar-refractivity contribution >= 4 is 46.8 Å². The molecule has 0 aliphatic heterocycles. The average Bonchev–Trinajstić information content (AvgIpc) is 2.88. The molecule has 10 nitrogen and oxygen atoms in total. The molecule has 3 aromatic carbocycles. The van der Waals surface area contributed by atoms with Crippen molar-refractivity contribution in [1.29, 1.82) is 0 Å². The zero-order valence-corrected chi connectivity index (χ0v) is 19.9. The summed E-state index contributed by atoms with van der Waals surface area (Å²) in [5.74, 6) is -1.50. The third-order valence-electron chi connectivity index (χ3n) is 4.87. The molecule has 0 unspecified atom stereocenters. The van der Waals surface area contributed by atoms with Crippen molar-refractivity contribution in [3.8, 4) is 5.75 Å². The van der Waals surface area contributed by atoms with Gasteiger partial charge in [-0.3, -0.25) is 19.7 Å². The van der Waals surface area contributed by atoms with E-state index < -0.39 is 22.7 Å². The van der Waals surface area contributed by atoms with Gasteiger partial charge in [-0.2, -0.15) is 0 Å². The van der Waals surface area contributed by atoms with Gasteiger partial charge in [-0.05, 0) is 54.1 Å². The average molecular weight is 510 g/mol. The van der Waals surface area contributed by atoms with Gasteiger partial charge in [0.15, 0.2) is 0 Å².